The number of anilines is 1. The van der Waals surface area contributed by atoms with Gasteiger partial charge in [0.25, 0.3) is 11.5 Å². The van der Waals surface area contributed by atoms with Crippen LogP contribution in [0, 0.1) is 0 Å². The SMILES string of the molecule is COc1ccc(S(=O)(=O)N(C)C)cc1NC(=O)COC(=O)CCc1nc2ccccc2c(=O)[nH]1. The van der Waals surface area contributed by atoms with Crippen LogP contribution in [0.3, 0.4) is 0 Å². The number of amides is 1. The van der Waals surface area contributed by atoms with Crippen molar-refractivity contribution in [2.45, 2.75) is 17.7 Å². The fourth-order valence-electron chi connectivity index (χ4n) is 3.03. The van der Waals surface area contributed by atoms with Gasteiger partial charge in [0.2, 0.25) is 10.0 Å². The first-order chi connectivity index (χ1) is 16.1. The molecule has 0 unspecified atom stereocenters. The van der Waals surface area contributed by atoms with Gasteiger partial charge < -0.3 is 19.8 Å². The van der Waals surface area contributed by atoms with Crippen molar-refractivity contribution < 1.29 is 27.5 Å². The highest BCUT2D eigenvalue weighted by Gasteiger charge is 2.20. The molecule has 0 fully saturated rings. The molecule has 0 bridgehead atoms. The first kappa shape index (κ1) is 24.9. The van der Waals surface area contributed by atoms with Crippen LogP contribution in [-0.4, -0.2) is 62.4 Å². The standard InChI is InChI=1S/C22H24N4O7S/c1-26(2)34(30,31)14-8-9-18(32-3)17(12-14)24-20(27)13-33-21(28)11-10-19-23-16-7-5-4-6-15(16)22(29)25-19/h4-9,12H,10-11,13H2,1-3H3,(H,24,27)(H,23,25,29). The van der Waals surface area contributed by atoms with E-state index in [9.17, 15) is 22.8 Å². The Bertz CT molecular complexity index is 1380. The zero-order valence-corrected chi connectivity index (χ0v) is 19.6. The smallest absolute Gasteiger partial charge is 0.306 e. The number of ether oxygens (including phenoxy) is 2. The van der Waals surface area contributed by atoms with E-state index in [4.69, 9.17) is 9.47 Å². The highest BCUT2D eigenvalue weighted by atomic mass is 32.2. The summed E-state index contributed by atoms with van der Waals surface area (Å²) in [5, 5.41) is 2.93. The van der Waals surface area contributed by atoms with Gasteiger partial charge in [-0.15, -0.1) is 0 Å². The number of para-hydroxylation sites is 1. The Morgan fingerprint density at radius 1 is 1.15 bits per heavy atom. The van der Waals surface area contributed by atoms with Crippen molar-refractivity contribution >= 4 is 38.5 Å². The third kappa shape index (κ3) is 5.77. The number of nitrogens with zero attached hydrogens (tertiary/aromatic N) is 2. The van der Waals surface area contributed by atoms with Gasteiger partial charge in [-0.25, -0.2) is 17.7 Å². The number of benzene rings is 2. The molecule has 0 aliphatic rings. The van der Waals surface area contributed by atoms with Gasteiger partial charge in [0.1, 0.15) is 11.6 Å². The molecule has 2 N–H and O–H groups in total. The van der Waals surface area contributed by atoms with E-state index in [-0.39, 0.29) is 34.7 Å². The van der Waals surface area contributed by atoms with Crippen LogP contribution < -0.4 is 15.6 Å². The average molecular weight is 489 g/mol. The minimum Gasteiger partial charge on any atom is -0.495 e. The van der Waals surface area contributed by atoms with Gasteiger partial charge in [0.05, 0.1) is 35.0 Å². The van der Waals surface area contributed by atoms with Crippen LogP contribution in [0.2, 0.25) is 0 Å². The molecule has 3 aromatic rings. The van der Waals surface area contributed by atoms with Gasteiger partial charge in [-0.2, -0.15) is 0 Å². The Kier molecular flexibility index (Phi) is 7.64. The Hall–Kier alpha value is -3.77. The van der Waals surface area contributed by atoms with Crippen molar-refractivity contribution in [2.24, 2.45) is 0 Å². The number of sulfonamides is 1. The summed E-state index contributed by atoms with van der Waals surface area (Å²) in [5.41, 5.74) is 0.326. The molecule has 1 heterocycles. The van der Waals surface area contributed by atoms with E-state index in [0.717, 1.165) is 4.31 Å². The summed E-state index contributed by atoms with van der Waals surface area (Å²) in [6.45, 7) is -0.589. The summed E-state index contributed by atoms with van der Waals surface area (Å²) in [7, 11) is 0.423. The van der Waals surface area contributed by atoms with E-state index in [1.807, 2.05) is 0 Å². The molecule has 12 heteroatoms. The topological polar surface area (TPSA) is 148 Å². The Morgan fingerprint density at radius 3 is 2.59 bits per heavy atom. The van der Waals surface area contributed by atoms with E-state index in [1.165, 1.54) is 39.4 Å². The van der Waals surface area contributed by atoms with E-state index < -0.39 is 28.5 Å². The van der Waals surface area contributed by atoms with Crippen LogP contribution in [0.15, 0.2) is 52.2 Å². The molecule has 11 nitrogen and oxygen atoms in total. The normalized spacial score (nSPS) is 11.4. The second kappa shape index (κ2) is 10.4. The molecule has 180 valence electrons. The van der Waals surface area contributed by atoms with E-state index >= 15 is 0 Å². The summed E-state index contributed by atoms with van der Waals surface area (Å²) in [4.78, 5) is 43.3. The van der Waals surface area contributed by atoms with Crippen LogP contribution in [0.1, 0.15) is 12.2 Å². The van der Waals surface area contributed by atoms with Crippen LogP contribution in [-0.2, 0) is 30.8 Å². The number of hydrogen-bond donors (Lipinski definition) is 2. The minimum atomic E-state index is -3.73. The largest absolute Gasteiger partial charge is 0.495 e. The van der Waals surface area contributed by atoms with Crippen LogP contribution in [0.25, 0.3) is 10.9 Å². The van der Waals surface area contributed by atoms with Crippen molar-refractivity contribution in [3.8, 4) is 5.75 Å². The van der Waals surface area contributed by atoms with E-state index in [2.05, 4.69) is 15.3 Å². The molecule has 0 spiro atoms. The number of esters is 1. The minimum absolute atomic E-state index is 0.0394. The lowest BCUT2D eigenvalue weighted by Crippen LogP contribution is -2.23. The number of fused-ring (bicyclic) bond motifs is 1. The Labute approximate surface area is 195 Å². The zero-order valence-electron chi connectivity index (χ0n) is 18.8. The number of aromatic amines is 1. The molecule has 1 aromatic heterocycles. The molecule has 0 atom stereocenters. The molecule has 0 saturated carbocycles. The molecule has 34 heavy (non-hydrogen) atoms. The molecule has 0 radical (unpaired) electrons. The predicted octanol–water partition coefficient (Wildman–Crippen LogP) is 1.30. The monoisotopic (exact) mass is 488 g/mol. The lowest BCUT2D eigenvalue weighted by molar-refractivity contribution is -0.147. The second-order valence-electron chi connectivity index (χ2n) is 7.39. The number of aromatic nitrogens is 2. The molecule has 2 aromatic carbocycles. The zero-order chi connectivity index (χ0) is 24.9. The highest BCUT2D eigenvalue weighted by molar-refractivity contribution is 7.89. The third-order valence-electron chi connectivity index (χ3n) is 4.82. The summed E-state index contributed by atoms with van der Waals surface area (Å²) in [5.74, 6) is -0.775. The molecular formula is C22H24N4O7S. The quantitative estimate of drug-likeness (QED) is 0.428. The van der Waals surface area contributed by atoms with Gasteiger partial charge in [0, 0.05) is 20.5 Å². The van der Waals surface area contributed by atoms with Crippen molar-refractivity contribution in [3.63, 3.8) is 0 Å². The number of nitrogens with one attached hydrogen (secondary N) is 2. The van der Waals surface area contributed by atoms with Crippen LogP contribution in [0.5, 0.6) is 5.75 Å². The van der Waals surface area contributed by atoms with Crippen molar-refractivity contribution in [3.05, 3.63) is 58.6 Å². The Balaban J connectivity index is 1.59. The van der Waals surface area contributed by atoms with Crippen molar-refractivity contribution in [1.82, 2.24) is 14.3 Å². The van der Waals surface area contributed by atoms with Crippen LogP contribution in [0.4, 0.5) is 5.69 Å². The average Bonchev–Trinajstić information content (AvgIpc) is 2.81. The number of methoxy groups -OCH3 is 1. The molecule has 3 rings (SSSR count). The van der Waals surface area contributed by atoms with Gasteiger partial charge in [0.15, 0.2) is 6.61 Å². The summed E-state index contributed by atoms with van der Waals surface area (Å²) >= 11 is 0. The molecule has 0 aliphatic heterocycles. The van der Waals surface area contributed by atoms with Crippen molar-refractivity contribution in [2.75, 3.05) is 33.1 Å². The number of rotatable bonds is 9. The fraction of sp³-hybridized carbons (Fsp3) is 0.273. The second-order valence-corrected chi connectivity index (χ2v) is 9.54. The Morgan fingerprint density at radius 2 is 1.88 bits per heavy atom. The maximum absolute atomic E-state index is 12.3. The first-order valence-electron chi connectivity index (χ1n) is 10.2. The summed E-state index contributed by atoms with van der Waals surface area (Å²) in [6, 6.07) is 10.9. The van der Waals surface area contributed by atoms with E-state index in [0.29, 0.717) is 16.7 Å². The molecular weight excluding hydrogens is 464 g/mol. The lowest BCUT2D eigenvalue weighted by Gasteiger charge is -2.15. The number of aryl methyl sites for hydroxylation is 1. The van der Waals surface area contributed by atoms with Gasteiger partial charge in [-0.05, 0) is 30.3 Å². The number of carbonyl (C=O) groups is 2. The maximum atomic E-state index is 12.3. The predicted molar refractivity (Wildman–Crippen MR) is 124 cm³/mol. The van der Waals surface area contributed by atoms with Crippen molar-refractivity contribution in [1.29, 1.82) is 0 Å². The first-order valence-corrected chi connectivity index (χ1v) is 11.6. The number of carbonyl (C=O) groups excluding carboxylic acids is 2. The summed E-state index contributed by atoms with van der Waals surface area (Å²) in [6.07, 6.45) is 0.0211. The van der Waals surface area contributed by atoms with Gasteiger partial charge >= 0.3 is 5.97 Å². The highest BCUT2D eigenvalue weighted by Crippen LogP contribution is 2.28. The summed E-state index contributed by atoms with van der Waals surface area (Å²) < 4.78 is 35.9. The molecule has 0 aliphatic carbocycles. The number of H-pyrrole nitrogens is 1. The lowest BCUT2D eigenvalue weighted by atomic mass is 10.2. The fourth-order valence-corrected chi connectivity index (χ4v) is 3.96. The maximum Gasteiger partial charge on any atom is 0.306 e. The molecule has 1 amide bonds. The van der Waals surface area contributed by atoms with Crippen LogP contribution >= 0.6 is 0 Å². The van der Waals surface area contributed by atoms with E-state index in [1.54, 1.807) is 24.3 Å². The third-order valence-corrected chi connectivity index (χ3v) is 6.63. The number of hydrogen-bond acceptors (Lipinski definition) is 8. The van der Waals surface area contributed by atoms with Gasteiger partial charge in [-0.1, -0.05) is 12.1 Å². The van der Waals surface area contributed by atoms with Gasteiger partial charge in [-0.3, -0.25) is 14.4 Å². The molecule has 0 saturated heterocycles.